The van der Waals surface area contributed by atoms with Gasteiger partial charge < -0.3 is 5.32 Å². The molecule has 0 aromatic carbocycles. The Bertz CT molecular complexity index is 366. The van der Waals surface area contributed by atoms with E-state index in [2.05, 4.69) is 40.1 Å². The van der Waals surface area contributed by atoms with Crippen molar-refractivity contribution in [1.29, 1.82) is 0 Å². The third-order valence-electron chi connectivity index (χ3n) is 2.35. The highest BCUT2D eigenvalue weighted by molar-refractivity contribution is 9.10. The number of ketones is 1. The summed E-state index contributed by atoms with van der Waals surface area (Å²) in [7, 11) is 0. The SMILES string of the molecule is CC(C)NCCCC(=O)Cc1cncc(Br)c1. The van der Waals surface area contributed by atoms with Crippen LogP contribution in [0.25, 0.3) is 0 Å². The molecule has 1 rings (SSSR count). The van der Waals surface area contributed by atoms with Gasteiger partial charge in [-0.25, -0.2) is 0 Å². The minimum Gasteiger partial charge on any atom is -0.315 e. The fourth-order valence-corrected chi connectivity index (χ4v) is 1.96. The van der Waals surface area contributed by atoms with Gasteiger partial charge in [0, 0.05) is 35.7 Å². The van der Waals surface area contributed by atoms with Crippen LogP contribution in [0.4, 0.5) is 0 Å². The summed E-state index contributed by atoms with van der Waals surface area (Å²) in [5, 5.41) is 3.30. The summed E-state index contributed by atoms with van der Waals surface area (Å²) in [4.78, 5) is 15.7. The number of hydrogen-bond donors (Lipinski definition) is 1. The minimum absolute atomic E-state index is 0.274. The highest BCUT2D eigenvalue weighted by atomic mass is 79.9. The van der Waals surface area contributed by atoms with Crippen molar-refractivity contribution in [3.63, 3.8) is 0 Å². The smallest absolute Gasteiger partial charge is 0.137 e. The second-order valence-electron chi connectivity index (χ2n) is 4.44. The van der Waals surface area contributed by atoms with Gasteiger partial charge in [0.1, 0.15) is 5.78 Å². The van der Waals surface area contributed by atoms with E-state index in [1.54, 1.807) is 12.4 Å². The second-order valence-corrected chi connectivity index (χ2v) is 5.35. The summed E-state index contributed by atoms with van der Waals surface area (Å²) in [6, 6.07) is 2.43. The molecule has 0 aliphatic carbocycles. The molecule has 1 aromatic heterocycles. The number of hydrogen-bond acceptors (Lipinski definition) is 3. The highest BCUT2D eigenvalue weighted by Crippen LogP contribution is 2.10. The Kier molecular flexibility index (Phi) is 6.37. The fourth-order valence-electron chi connectivity index (χ4n) is 1.54. The van der Waals surface area contributed by atoms with Gasteiger partial charge in [-0.2, -0.15) is 0 Å². The summed E-state index contributed by atoms with van der Waals surface area (Å²) in [6.45, 7) is 5.12. The maximum atomic E-state index is 11.7. The van der Waals surface area contributed by atoms with Crippen LogP contribution in [0.15, 0.2) is 22.9 Å². The Morgan fingerprint density at radius 1 is 1.47 bits per heavy atom. The quantitative estimate of drug-likeness (QED) is 0.787. The molecule has 17 heavy (non-hydrogen) atoms. The molecule has 3 nitrogen and oxygen atoms in total. The van der Waals surface area contributed by atoms with Crippen LogP contribution in [-0.4, -0.2) is 23.4 Å². The summed E-state index contributed by atoms with van der Waals surface area (Å²) in [5.41, 5.74) is 0.973. The number of halogens is 1. The molecule has 0 aliphatic heterocycles. The van der Waals surface area contributed by atoms with Crippen LogP contribution in [0.3, 0.4) is 0 Å². The Labute approximate surface area is 111 Å². The molecule has 0 saturated carbocycles. The van der Waals surface area contributed by atoms with Crippen LogP contribution in [0, 0.1) is 0 Å². The van der Waals surface area contributed by atoms with Gasteiger partial charge in [0.25, 0.3) is 0 Å². The first-order chi connectivity index (χ1) is 8.08. The van der Waals surface area contributed by atoms with Crippen molar-refractivity contribution in [3.05, 3.63) is 28.5 Å². The fraction of sp³-hybridized carbons (Fsp3) is 0.538. The van der Waals surface area contributed by atoms with Crippen molar-refractivity contribution in [2.24, 2.45) is 0 Å². The average Bonchev–Trinajstić information content (AvgIpc) is 2.24. The molecule has 0 radical (unpaired) electrons. The molecule has 1 N–H and O–H groups in total. The molecule has 0 atom stereocenters. The van der Waals surface area contributed by atoms with Gasteiger partial charge in [0.05, 0.1) is 0 Å². The van der Waals surface area contributed by atoms with Crippen LogP contribution >= 0.6 is 15.9 Å². The number of nitrogens with one attached hydrogen (secondary N) is 1. The molecular formula is C13H19BrN2O. The van der Waals surface area contributed by atoms with Crippen molar-refractivity contribution in [3.8, 4) is 0 Å². The van der Waals surface area contributed by atoms with Crippen molar-refractivity contribution >= 4 is 21.7 Å². The Hall–Kier alpha value is -0.740. The molecule has 0 saturated heterocycles. The molecule has 0 amide bonds. The van der Waals surface area contributed by atoms with Crippen LogP contribution < -0.4 is 5.32 Å². The van der Waals surface area contributed by atoms with E-state index < -0.39 is 0 Å². The Morgan fingerprint density at radius 3 is 2.88 bits per heavy atom. The molecule has 0 unspecified atom stereocenters. The second kappa shape index (κ2) is 7.56. The number of carbonyl (C=O) groups excluding carboxylic acids is 1. The van der Waals surface area contributed by atoms with Crippen molar-refractivity contribution < 1.29 is 4.79 Å². The lowest BCUT2D eigenvalue weighted by molar-refractivity contribution is -0.118. The van der Waals surface area contributed by atoms with Gasteiger partial charge in [-0.05, 0) is 40.5 Å². The van der Waals surface area contributed by atoms with Crippen LogP contribution in [-0.2, 0) is 11.2 Å². The third-order valence-corrected chi connectivity index (χ3v) is 2.78. The molecule has 0 spiro atoms. The lowest BCUT2D eigenvalue weighted by Gasteiger charge is -2.07. The van der Waals surface area contributed by atoms with Gasteiger partial charge in [0.15, 0.2) is 0 Å². The lowest BCUT2D eigenvalue weighted by Crippen LogP contribution is -2.24. The normalized spacial score (nSPS) is 10.8. The van der Waals surface area contributed by atoms with E-state index in [4.69, 9.17) is 0 Å². The maximum absolute atomic E-state index is 11.7. The van der Waals surface area contributed by atoms with Crippen LogP contribution in [0.1, 0.15) is 32.3 Å². The van der Waals surface area contributed by atoms with E-state index in [9.17, 15) is 4.79 Å². The van der Waals surface area contributed by atoms with Crippen molar-refractivity contribution in [2.45, 2.75) is 39.2 Å². The average molecular weight is 299 g/mol. The van der Waals surface area contributed by atoms with Gasteiger partial charge in [-0.15, -0.1) is 0 Å². The minimum atomic E-state index is 0.274. The van der Waals surface area contributed by atoms with E-state index in [1.165, 1.54) is 0 Å². The van der Waals surface area contributed by atoms with Gasteiger partial charge in [-0.1, -0.05) is 13.8 Å². The number of carbonyl (C=O) groups is 1. The molecular weight excluding hydrogens is 280 g/mol. The molecule has 4 heteroatoms. The maximum Gasteiger partial charge on any atom is 0.137 e. The first-order valence-electron chi connectivity index (χ1n) is 5.92. The van der Waals surface area contributed by atoms with E-state index in [1.807, 2.05) is 6.07 Å². The predicted octanol–water partition coefficient (Wildman–Crippen LogP) is 2.73. The Morgan fingerprint density at radius 2 is 2.24 bits per heavy atom. The third kappa shape index (κ3) is 6.54. The molecule has 1 heterocycles. The van der Waals surface area contributed by atoms with Gasteiger partial charge >= 0.3 is 0 Å². The number of pyridine rings is 1. The van der Waals surface area contributed by atoms with Gasteiger partial charge in [-0.3, -0.25) is 9.78 Å². The van der Waals surface area contributed by atoms with Crippen LogP contribution in [0.5, 0.6) is 0 Å². The number of aromatic nitrogens is 1. The first kappa shape index (κ1) is 14.3. The molecule has 1 aromatic rings. The zero-order valence-corrected chi connectivity index (χ0v) is 12.0. The summed E-state index contributed by atoms with van der Waals surface area (Å²) < 4.78 is 0.921. The van der Waals surface area contributed by atoms with E-state index in [-0.39, 0.29) is 5.78 Å². The van der Waals surface area contributed by atoms with E-state index >= 15 is 0 Å². The summed E-state index contributed by atoms with van der Waals surface area (Å²) >= 11 is 3.35. The standard InChI is InChI=1S/C13H19BrN2O/c1-10(2)16-5-3-4-13(17)7-11-6-12(14)9-15-8-11/h6,8-10,16H,3-5,7H2,1-2H3. The zero-order valence-electron chi connectivity index (χ0n) is 10.4. The summed E-state index contributed by atoms with van der Waals surface area (Å²) in [5.74, 6) is 0.274. The highest BCUT2D eigenvalue weighted by Gasteiger charge is 2.04. The number of Topliss-reactive ketones (excluding diaryl/α,β-unsaturated/α-hetero) is 1. The largest absolute Gasteiger partial charge is 0.315 e. The summed E-state index contributed by atoms with van der Waals surface area (Å²) in [6.07, 6.45) is 5.48. The Balaban J connectivity index is 2.25. The van der Waals surface area contributed by atoms with Gasteiger partial charge in [0.2, 0.25) is 0 Å². The monoisotopic (exact) mass is 298 g/mol. The first-order valence-corrected chi connectivity index (χ1v) is 6.71. The van der Waals surface area contributed by atoms with Crippen molar-refractivity contribution in [2.75, 3.05) is 6.54 Å². The topological polar surface area (TPSA) is 42.0 Å². The van der Waals surface area contributed by atoms with Crippen LogP contribution in [0.2, 0.25) is 0 Å². The molecule has 94 valence electrons. The molecule has 0 aliphatic rings. The molecule has 0 bridgehead atoms. The van der Waals surface area contributed by atoms with E-state index in [0.29, 0.717) is 18.9 Å². The zero-order chi connectivity index (χ0) is 12.7. The van der Waals surface area contributed by atoms with Crippen molar-refractivity contribution in [1.82, 2.24) is 10.3 Å². The van der Waals surface area contributed by atoms with E-state index in [0.717, 1.165) is 23.0 Å². The molecule has 0 fully saturated rings. The predicted molar refractivity (Wildman–Crippen MR) is 73.0 cm³/mol. The number of rotatable bonds is 7. The lowest BCUT2D eigenvalue weighted by atomic mass is 10.1. The number of nitrogens with zero attached hydrogens (tertiary/aromatic N) is 1.